The average molecular weight is 328 g/mol. The molecule has 2 heterocycles. The van der Waals surface area contributed by atoms with Gasteiger partial charge in [-0.2, -0.15) is 0 Å². The normalized spacial score (nSPS) is 20.7. The fourth-order valence-electron chi connectivity index (χ4n) is 3.07. The molecule has 2 aromatic rings. The van der Waals surface area contributed by atoms with E-state index in [2.05, 4.69) is 22.2 Å². The summed E-state index contributed by atoms with van der Waals surface area (Å²) in [5.74, 6) is 1.23. The van der Waals surface area contributed by atoms with Crippen molar-refractivity contribution in [2.24, 2.45) is 5.92 Å². The first kappa shape index (κ1) is 16.6. The lowest BCUT2D eigenvalue weighted by Crippen LogP contribution is -2.31. The standard InChI is InChI=1S/C18H24N4O2/c1-14-4-2-3-5-16(14)24-11-9-20-18(23)15-6-7-17(21-12-15)22-10-8-19-13-22/h6-8,10,12-14,16H,2-5,9,11H2,1H3,(H,20,23)/t14-,16-/m0/s1. The lowest BCUT2D eigenvalue weighted by Gasteiger charge is -2.28. The monoisotopic (exact) mass is 328 g/mol. The summed E-state index contributed by atoms with van der Waals surface area (Å²) < 4.78 is 7.70. The van der Waals surface area contributed by atoms with E-state index in [1.54, 1.807) is 35.4 Å². The zero-order valence-electron chi connectivity index (χ0n) is 14.0. The van der Waals surface area contributed by atoms with Crippen molar-refractivity contribution in [2.45, 2.75) is 38.7 Å². The van der Waals surface area contributed by atoms with E-state index in [0.717, 1.165) is 12.2 Å². The molecule has 128 valence electrons. The molecular formula is C18H24N4O2. The molecule has 2 atom stereocenters. The average Bonchev–Trinajstić information content (AvgIpc) is 3.15. The number of ether oxygens (including phenoxy) is 1. The Bertz CT molecular complexity index is 640. The molecule has 0 spiro atoms. The summed E-state index contributed by atoms with van der Waals surface area (Å²) >= 11 is 0. The maximum atomic E-state index is 12.1. The number of nitrogens with one attached hydrogen (secondary N) is 1. The molecule has 0 aromatic carbocycles. The molecule has 2 aromatic heterocycles. The fourth-order valence-corrected chi connectivity index (χ4v) is 3.07. The summed E-state index contributed by atoms with van der Waals surface area (Å²) in [6.45, 7) is 3.32. The number of carbonyl (C=O) groups excluding carboxylic acids is 1. The van der Waals surface area contributed by atoms with Crippen LogP contribution in [-0.2, 0) is 4.74 Å². The third kappa shape index (κ3) is 4.20. The maximum absolute atomic E-state index is 12.1. The van der Waals surface area contributed by atoms with Crippen molar-refractivity contribution in [3.05, 3.63) is 42.6 Å². The molecule has 1 amide bonds. The Morgan fingerprint density at radius 1 is 1.38 bits per heavy atom. The van der Waals surface area contributed by atoms with E-state index in [1.165, 1.54) is 19.3 Å². The van der Waals surface area contributed by atoms with Crippen LogP contribution in [-0.4, -0.2) is 39.7 Å². The molecule has 0 radical (unpaired) electrons. The second kappa shape index (κ2) is 8.06. The van der Waals surface area contributed by atoms with Crippen molar-refractivity contribution in [3.63, 3.8) is 0 Å². The van der Waals surface area contributed by atoms with E-state index in [-0.39, 0.29) is 5.91 Å². The Labute approximate surface area is 142 Å². The quantitative estimate of drug-likeness (QED) is 0.828. The molecule has 0 aliphatic heterocycles. The summed E-state index contributed by atoms with van der Waals surface area (Å²) in [7, 11) is 0. The van der Waals surface area contributed by atoms with E-state index < -0.39 is 0 Å². The van der Waals surface area contributed by atoms with Crippen LogP contribution < -0.4 is 5.32 Å². The first-order chi connectivity index (χ1) is 11.7. The van der Waals surface area contributed by atoms with Crippen LogP contribution >= 0.6 is 0 Å². The number of hydrogen-bond acceptors (Lipinski definition) is 4. The summed E-state index contributed by atoms with van der Waals surface area (Å²) in [6.07, 6.45) is 12.0. The SMILES string of the molecule is C[C@H]1CCCC[C@@H]1OCCNC(=O)c1ccc(-n2ccnc2)nc1. The fraction of sp³-hybridized carbons (Fsp3) is 0.500. The van der Waals surface area contributed by atoms with Crippen molar-refractivity contribution in [3.8, 4) is 5.82 Å². The minimum absolute atomic E-state index is 0.125. The summed E-state index contributed by atoms with van der Waals surface area (Å²) in [5, 5.41) is 2.88. The first-order valence-electron chi connectivity index (χ1n) is 8.58. The van der Waals surface area contributed by atoms with Gasteiger partial charge in [0.05, 0.1) is 18.3 Å². The van der Waals surface area contributed by atoms with Gasteiger partial charge in [-0.25, -0.2) is 9.97 Å². The Balaban J connectivity index is 1.43. The molecule has 0 unspecified atom stereocenters. The van der Waals surface area contributed by atoms with Gasteiger partial charge in [-0.05, 0) is 30.9 Å². The van der Waals surface area contributed by atoms with Crippen molar-refractivity contribution in [1.82, 2.24) is 19.9 Å². The van der Waals surface area contributed by atoms with Gasteiger partial charge < -0.3 is 10.1 Å². The molecule has 6 heteroatoms. The van der Waals surface area contributed by atoms with E-state index >= 15 is 0 Å². The Kier molecular flexibility index (Phi) is 5.59. The molecule has 0 saturated heterocycles. The molecule has 1 fully saturated rings. The van der Waals surface area contributed by atoms with Gasteiger partial charge in [-0.3, -0.25) is 9.36 Å². The van der Waals surface area contributed by atoms with Gasteiger partial charge in [0.15, 0.2) is 0 Å². The van der Waals surface area contributed by atoms with Gasteiger partial charge >= 0.3 is 0 Å². The molecule has 1 aliphatic rings. The van der Waals surface area contributed by atoms with Gasteiger partial charge in [0.1, 0.15) is 12.1 Å². The highest BCUT2D eigenvalue weighted by atomic mass is 16.5. The van der Waals surface area contributed by atoms with Crippen LogP contribution in [0.2, 0.25) is 0 Å². The zero-order chi connectivity index (χ0) is 16.8. The van der Waals surface area contributed by atoms with Crippen LogP contribution in [0.3, 0.4) is 0 Å². The predicted molar refractivity (Wildman–Crippen MR) is 91.1 cm³/mol. The third-order valence-electron chi connectivity index (χ3n) is 4.53. The molecule has 1 saturated carbocycles. The number of hydrogen-bond donors (Lipinski definition) is 1. The van der Waals surface area contributed by atoms with Crippen molar-refractivity contribution < 1.29 is 9.53 Å². The molecule has 3 rings (SSSR count). The smallest absolute Gasteiger partial charge is 0.252 e. The molecule has 0 bridgehead atoms. The van der Waals surface area contributed by atoms with E-state index in [1.807, 2.05) is 6.20 Å². The van der Waals surface area contributed by atoms with Gasteiger partial charge in [0, 0.05) is 25.1 Å². The number of amides is 1. The zero-order valence-corrected chi connectivity index (χ0v) is 14.0. The molecule has 6 nitrogen and oxygen atoms in total. The van der Waals surface area contributed by atoms with Crippen LogP contribution in [0.5, 0.6) is 0 Å². The number of nitrogens with zero attached hydrogens (tertiary/aromatic N) is 3. The summed E-state index contributed by atoms with van der Waals surface area (Å²) in [6, 6.07) is 3.57. The highest BCUT2D eigenvalue weighted by Crippen LogP contribution is 2.25. The van der Waals surface area contributed by atoms with Crippen LogP contribution in [0.4, 0.5) is 0 Å². The van der Waals surface area contributed by atoms with Gasteiger partial charge in [0.25, 0.3) is 5.91 Å². The van der Waals surface area contributed by atoms with E-state index in [4.69, 9.17) is 4.74 Å². The highest BCUT2D eigenvalue weighted by Gasteiger charge is 2.21. The van der Waals surface area contributed by atoms with Crippen LogP contribution in [0.25, 0.3) is 5.82 Å². The molecule has 24 heavy (non-hydrogen) atoms. The minimum atomic E-state index is -0.125. The Morgan fingerprint density at radius 3 is 2.96 bits per heavy atom. The van der Waals surface area contributed by atoms with Crippen molar-refractivity contribution in [2.75, 3.05) is 13.2 Å². The second-order valence-corrected chi connectivity index (χ2v) is 6.30. The van der Waals surface area contributed by atoms with Crippen molar-refractivity contribution >= 4 is 5.91 Å². The lowest BCUT2D eigenvalue weighted by molar-refractivity contribution is -0.00294. The topological polar surface area (TPSA) is 69.0 Å². The molecular weight excluding hydrogens is 304 g/mol. The minimum Gasteiger partial charge on any atom is -0.376 e. The van der Waals surface area contributed by atoms with Gasteiger partial charge in [0.2, 0.25) is 0 Å². The lowest BCUT2D eigenvalue weighted by atomic mass is 9.88. The number of aromatic nitrogens is 3. The number of rotatable bonds is 6. The van der Waals surface area contributed by atoms with Gasteiger partial charge in [-0.1, -0.05) is 19.8 Å². The van der Waals surface area contributed by atoms with E-state index in [9.17, 15) is 4.79 Å². The largest absolute Gasteiger partial charge is 0.376 e. The summed E-state index contributed by atoms with van der Waals surface area (Å²) in [4.78, 5) is 20.4. The maximum Gasteiger partial charge on any atom is 0.252 e. The first-order valence-corrected chi connectivity index (χ1v) is 8.58. The van der Waals surface area contributed by atoms with Crippen LogP contribution in [0.15, 0.2) is 37.1 Å². The third-order valence-corrected chi connectivity index (χ3v) is 4.53. The predicted octanol–water partition coefficient (Wildman–Crippen LogP) is 2.59. The second-order valence-electron chi connectivity index (χ2n) is 6.30. The molecule has 1 aliphatic carbocycles. The summed E-state index contributed by atoms with van der Waals surface area (Å²) in [5.41, 5.74) is 0.546. The highest BCUT2D eigenvalue weighted by molar-refractivity contribution is 5.93. The van der Waals surface area contributed by atoms with Crippen LogP contribution in [0.1, 0.15) is 43.0 Å². The molecule has 1 N–H and O–H groups in total. The Morgan fingerprint density at radius 2 is 2.25 bits per heavy atom. The number of imidazole rings is 1. The number of pyridine rings is 1. The van der Waals surface area contributed by atoms with Gasteiger partial charge in [-0.15, -0.1) is 0 Å². The number of carbonyl (C=O) groups is 1. The Hall–Kier alpha value is -2.21. The van der Waals surface area contributed by atoms with Crippen molar-refractivity contribution in [1.29, 1.82) is 0 Å². The van der Waals surface area contributed by atoms with Crippen LogP contribution in [0, 0.1) is 5.92 Å². The van der Waals surface area contributed by atoms with E-state index in [0.29, 0.717) is 30.7 Å².